The lowest BCUT2D eigenvalue weighted by Crippen LogP contribution is -2.45. The highest BCUT2D eigenvalue weighted by atomic mass is 15.5. The summed E-state index contributed by atoms with van der Waals surface area (Å²) in [6, 6.07) is 0. The molecule has 0 spiro atoms. The van der Waals surface area contributed by atoms with E-state index in [9.17, 15) is 0 Å². The molecule has 0 amide bonds. The molecule has 1 aromatic heterocycles. The van der Waals surface area contributed by atoms with Crippen molar-refractivity contribution in [2.45, 2.75) is 26.4 Å². The lowest BCUT2D eigenvalue weighted by Gasteiger charge is -2.28. The minimum atomic E-state index is 0.819. The molecule has 2 rings (SSSR count). The number of piperazine rings is 1. The summed E-state index contributed by atoms with van der Waals surface area (Å²) in [6.45, 7) is 10.6. The molecule has 0 saturated carbocycles. The molecule has 0 radical (unpaired) electrons. The average Bonchev–Trinajstić information content (AvgIpc) is 2.85. The molecule has 2 heterocycles. The summed E-state index contributed by atoms with van der Waals surface area (Å²) >= 11 is 0. The summed E-state index contributed by atoms with van der Waals surface area (Å²) in [5, 5.41) is 15.3. The van der Waals surface area contributed by atoms with Gasteiger partial charge in [-0.2, -0.15) is 0 Å². The van der Waals surface area contributed by atoms with Crippen LogP contribution in [-0.2, 0) is 13.1 Å². The molecule has 0 bridgehead atoms. The molecule has 0 aliphatic carbocycles. The minimum absolute atomic E-state index is 0.819. The molecule has 1 N–H and O–H groups in total. The molecule has 0 atom stereocenters. The number of hydrogen-bond donors (Lipinski definition) is 1. The molecule has 1 fully saturated rings. The Morgan fingerprint density at radius 3 is 2.79 bits per heavy atom. The fraction of sp³-hybridized carbons (Fsp3) is 0.917. The quantitative estimate of drug-likeness (QED) is 0.713. The summed E-state index contributed by atoms with van der Waals surface area (Å²) in [7, 11) is 2.13. The fourth-order valence-electron chi connectivity index (χ4n) is 2.29. The van der Waals surface area contributed by atoms with Gasteiger partial charge in [-0.25, -0.2) is 4.68 Å². The smallest absolute Gasteiger partial charge is 0.165 e. The van der Waals surface area contributed by atoms with Crippen LogP contribution in [0.1, 0.15) is 19.2 Å². The van der Waals surface area contributed by atoms with E-state index < -0.39 is 0 Å². The van der Waals surface area contributed by atoms with Crippen LogP contribution < -0.4 is 5.32 Å². The molecular formula is C12H25N7. The van der Waals surface area contributed by atoms with Crippen LogP contribution in [0.5, 0.6) is 0 Å². The van der Waals surface area contributed by atoms with Crippen molar-refractivity contribution in [3.63, 3.8) is 0 Å². The number of nitrogens with zero attached hydrogens (tertiary/aromatic N) is 6. The van der Waals surface area contributed by atoms with Crippen LogP contribution >= 0.6 is 0 Å². The second-order valence-corrected chi connectivity index (χ2v) is 5.15. The van der Waals surface area contributed by atoms with E-state index in [4.69, 9.17) is 0 Å². The first-order valence-electron chi connectivity index (χ1n) is 7.16. The minimum Gasteiger partial charge on any atom is -0.314 e. The van der Waals surface area contributed by atoms with E-state index in [1.807, 2.05) is 4.68 Å². The van der Waals surface area contributed by atoms with Gasteiger partial charge in [0.2, 0.25) is 0 Å². The average molecular weight is 267 g/mol. The van der Waals surface area contributed by atoms with Crippen molar-refractivity contribution < 1.29 is 0 Å². The summed E-state index contributed by atoms with van der Waals surface area (Å²) in [5.74, 6) is 0.963. The van der Waals surface area contributed by atoms with Gasteiger partial charge < -0.3 is 5.32 Å². The van der Waals surface area contributed by atoms with E-state index >= 15 is 0 Å². The van der Waals surface area contributed by atoms with Gasteiger partial charge in [0, 0.05) is 45.8 Å². The van der Waals surface area contributed by atoms with Crippen LogP contribution in [0, 0.1) is 0 Å². The second-order valence-electron chi connectivity index (χ2n) is 5.15. The molecular weight excluding hydrogens is 242 g/mol. The van der Waals surface area contributed by atoms with Crippen molar-refractivity contribution in [1.82, 2.24) is 35.3 Å². The third kappa shape index (κ3) is 4.52. The zero-order valence-electron chi connectivity index (χ0n) is 12.0. The van der Waals surface area contributed by atoms with E-state index in [2.05, 4.69) is 44.6 Å². The summed E-state index contributed by atoms with van der Waals surface area (Å²) in [4.78, 5) is 4.79. The first-order valence-corrected chi connectivity index (χ1v) is 7.16. The van der Waals surface area contributed by atoms with Crippen molar-refractivity contribution >= 4 is 0 Å². The van der Waals surface area contributed by atoms with E-state index in [1.165, 1.54) is 0 Å². The summed E-state index contributed by atoms with van der Waals surface area (Å²) in [5.41, 5.74) is 0. The number of nitrogens with one attached hydrogen (secondary N) is 1. The maximum absolute atomic E-state index is 4.11. The fourth-order valence-corrected chi connectivity index (χ4v) is 2.29. The Morgan fingerprint density at radius 1 is 1.26 bits per heavy atom. The van der Waals surface area contributed by atoms with Crippen LogP contribution in [0.4, 0.5) is 0 Å². The van der Waals surface area contributed by atoms with Crippen molar-refractivity contribution in [3.8, 4) is 0 Å². The standard InChI is InChI=1S/C12H25N7/c1-3-6-19-12(14-15-16-19)11-17(2)9-10-18-7-4-13-5-8-18/h13H,3-11H2,1-2H3. The van der Waals surface area contributed by atoms with Crippen LogP contribution in [0.3, 0.4) is 0 Å². The van der Waals surface area contributed by atoms with Gasteiger partial charge in [0.25, 0.3) is 0 Å². The lowest BCUT2D eigenvalue weighted by molar-refractivity contribution is 0.199. The third-order valence-electron chi connectivity index (χ3n) is 3.46. The number of likely N-dealkylation sites (N-methyl/N-ethyl adjacent to an activating group) is 1. The highest BCUT2D eigenvalue weighted by molar-refractivity contribution is 4.80. The van der Waals surface area contributed by atoms with Gasteiger partial charge >= 0.3 is 0 Å². The molecule has 1 aliphatic rings. The number of hydrogen-bond acceptors (Lipinski definition) is 6. The Labute approximate surface area is 114 Å². The van der Waals surface area contributed by atoms with Gasteiger partial charge in [0.15, 0.2) is 5.82 Å². The highest BCUT2D eigenvalue weighted by Crippen LogP contribution is 2.00. The third-order valence-corrected chi connectivity index (χ3v) is 3.46. The first kappa shape index (κ1) is 14.4. The molecule has 0 unspecified atom stereocenters. The van der Waals surface area contributed by atoms with Gasteiger partial charge in [-0.1, -0.05) is 6.92 Å². The zero-order valence-corrected chi connectivity index (χ0v) is 12.0. The van der Waals surface area contributed by atoms with Crippen LogP contribution in [0.15, 0.2) is 0 Å². The van der Waals surface area contributed by atoms with Crippen molar-refractivity contribution in [3.05, 3.63) is 5.82 Å². The highest BCUT2D eigenvalue weighted by Gasteiger charge is 2.12. The van der Waals surface area contributed by atoms with Crippen LogP contribution in [-0.4, -0.2) is 76.3 Å². The maximum atomic E-state index is 4.11. The van der Waals surface area contributed by atoms with E-state index in [-0.39, 0.29) is 0 Å². The Bertz CT molecular complexity index is 359. The molecule has 7 heteroatoms. The van der Waals surface area contributed by atoms with Gasteiger partial charge in [-0.15, -0.1) is 5.10 Å². The molecule has 19 heavy (non-hydrogen) atoms. The normalized spacial score (nSPS) is 17.2. The molecule has 1 aromatic rings. The van der Waals surface area contributed by atoms with Gasteiger partial charge in [-0.05, 0) is 23.9 Å². The predicted molar refractivity (Wildman–Crippen MR) is 73.8 cm³/mol. The molecule has 7 nitrogen and oxygen atoms in total. The lowest BCUT2D eigenvalue weighted by atomic mass is 10.3. The van der Waals surface area contributed by atoms with Gasteiger partial charge in [0.05, 0.1) is 6.54 Å². The Kier molecular flexibility index (Phi) is 5.68. The predicted octanol–water partition coefficient (Wildman–Crippen LogP) is -0.580. The monoisotopic (exact) mass is 267 g/mol. The largest absolute Gasteiger partial charge is 0.314 e. The first-order chi connectivity index (χ1) is 9.29. The topological polar surface area (TPSA) is 62.1 Å². The molecule has 108 valence electrons. The molecule has 1 saturated heterocycles. The molecule has 0 aromatic carbocycles. The number of aryl methyl sites for hydroxylation is 1. The van der Waals surface area contributed by atoms with Gasteiger partial charge in [0.1, 0.15) is 0 Å². The van der Waals surface area contributed by atoms with E-state index in [1.54, 1.807) is 0 Å². The Balaban J connectivity index is 1.73. The van der Waals surface area contributed by atoms with Crippen LogP contribution in [0.25, 0.3) is 0 Å². The van der Waals surface area contributed by atoms with Gasteiger partial charge in [-0.3, -0.25) is 9.80 Å². The van der Waals surface area contributed by atoms with Crippen molar-refractivity contribution in [2.24, 2.45) is 0 Å². The summed E-state index contributed by atoms with van der Waals surface area (Å²) in [6.07, 6.45) is 1.06. The zero-order chi connectivity index (χ0) is 13.5. The molecule has 1 aliphatic heterocycles. The van der Waals surface area contributed by atoms with Crippen molar-refractivity contribution in [2.75, 3.05) is 46.3 Å². The summed E-state index contributed by atoms with van der Waals surface area (Å²) < 4.78 is 1.90. The van der Waals surface area contributed by atoms with Crippen LogP contribution in [0.2, 0.25) is 0 Å². The Hall–Kier alpha value is -1.05. The van der Waals surface area contributed by atoms with E-state index in [0.717, 1.165) is 64.6 Å². The number of aromatic nitrogens is 4. The number of tetrazole rings is 1. The Morgan fingerprint density at radius 2 is 2.05 bits per heavy atom. The second kappa shape index (κ2) is 7.52. The maximum Gasteiger partial charge on any atom is 0.165 e. The van der Waals surface area contributed by atoms with Crippen molar-refractivity contribution in [1.29, 1.82) is 0 Å². The SMILES string of the molecule is CCCn1nnnc1CN(C)CCN1CCNCC1. The number of rotatable bonds is 7. The van der Waals surface area contributed by atoms with E-state index in [0.29, 0.717) is 0 Å².